The maximum absolute atomic E-state index is 13.3. The third-order valence-corrected chi connectivity index (χ3v) is 5.10. The van der Waals surface area contributed by atoms with E-state index in [0.717, 1.165) is 12.8 Å². The molecule has 0 bridgehead atoms. The molecule has 22 heavy (non-hydrogen) atoms. The van der Waals surface area contributed by atoms with Gasteiger partial charge in [-0.2, -0.15) is 0 Å². The Morgan fingerprint density at radius 3 is 2.73 bits per heavy atom. The highest BCUT2D eigenvalue weighted by atomic mass is 16.5. The van der Waals surface area contributed by atoms with Gasteiger partial charge in [0, 0.05) is 0 Å². The standard InChI is InChI=1S/C20H24O2/c1-4-5-6-9-15-11-12-17-20(3,14-15)18(21)19(2)13-8-7-10-16(19)22-17/h4-5,7-8,10-14,16-17H,6,9H2,1-3H3/b5-4-. The Labute approximate surface area is 132 Å². The molecule has 4 atom stereocenters. The molecule has 3 rings (SSSR count). The maximum atomic E-state index is 13.3. The molecular weight excluding hydrogens is 272 g/mol. The fraction of sp³-hybridized carbons (Fsp3) is 0.450. The number of fused-ring (bicyclic) bond motifs is 2. The summed E-state index contributed by atoms with van der Waals surface area (Å²) in [7, 11) is 0. The predicted molar refractivity (Wildman–Crippen MR) is 89.4 cm³/mol. The molecule has 2 heteroatoms. The zero-order valence-electron chi connectivity index (χ0n) is 13.6. The Hall–Kier alpha value is -1.67. The number of carbonyl (C=O) groups excluding carboxylic acids is 1. The number of ketones is 1. The van der Waals surface area contributed by atoms with Crippen molar-refractivity contribution >= 4 is 5.78 Å². The molecule has 4 unspecified atom stereocenters. The van der Waals surface area contributed by atoms with E-state index >= 15 is 0 Å². The summed E-state index contributed by atoms with van der Waals surface area (Å²) in [5.74, 6) is 0.259. The topological polar surface area (TPSA) is 26.3 Å². The minimum Gasteiger partial charge on any atom is -0.364 e. The molecule has 3 aliphatic rings. The van der Waals surface area contributed by atoms with Crippen molar-refractivity contribution in [1.29, 1.82) is 0 Å². The normalized spacial score (nSPS) is 39.8. The fourth-order valence-corrected chi connectivity index (χ4v) is 3.73. The molecule has 2 aliphatic carbocycles. The molecule has 1 aliphatic heterocycles. The van der Waals surface area contributed by atoms with Gasteiger partial charge in [0.25, 0.3) is 0 Å². The van der Waals surface area contributed by atoms with E-state index in [1.54, 1.807) is 0 Å². The zero-order chi connectivity index (χ0) is 15.8. The van der Waals surface area contributed by atoms with Crippen molar-refractivity contribution in [2.75, 3.05) is 0 Å². The molecule has 0 amide bonds. The second-order valence-electron chi connectivity index (χ2n) is 6.80. The Balaban J connectivity index is 1.91. The average molecular weight is 296 g/mol. The van der Waals surface area contributed by atoms with Crippen molar-refractivity contribution in [1.82, 2.24) is 0 Å². The second-order valence-corrected chi connectivity index (χ2v) is 6.80. The van der Waals surface area contributed by atoms with Crippen LogP contribution in [0.5, 0.6) is 0 Å². The van der Waals surface area contributed by atoms with Crippen molar-refractivity contribution in [3.63, 3.8) is 0 Å². The van der Waals surface area contributed by atoms with Gasteiger partial charge < -0.3 is 4.74 Å². The van der Waals surface area contributed by atoms with Gasteiger partial charge in [0.1, 0.15) is 0 Å². The van der Waals surface area contributed by atoms with Gasteiger partial charge in [0.15, 0.2) is 5.78 Å². The highest BCUT2D eigenvalue weighted by molar-refractivity contribution is 5.96. The minimum atomic E-state index is -0.569. The van der Waals surface area contributed by atoms with Crippen LogP contribution in [0.25, 0.3) is 0 Å². The lowest BCUT2D eigenvalue weighted by atomic mass is 9.61. The van der Waals surface area contributed by atoms with Crippen molar-refractivity contribution in [3.05, 3.63) is 60.3 Å². The minimum absolute atomic E-state index is 0.161. The van der Waals surface area contributed by atoms with Crippen LogP contribution in [-0.4, -0.2) is 18.0 Å². The van der Waals surface area contributed by atoms with Gasteiger partial charge in [-0.05, 0) is 33.6 Å². The Morgan fingerprint density at radius 2 is 1.95 bits per heavy atom. The van der Waals surface area contributed by atoms with E-state index in [9.17, 15) is 4.79 Å². The van der Waals surface area contributed by atoms with Crippen LogP contribution in [-0.2, 0) is 9.53 Å². The lowest BCUT2D eigenvalue weighted by Gasteiger charge is -2.50. The summed E-state index contributed by atoms with van der Waals surface area (Å²) in [6.07, 6.45) is 20.1. The van der Waals surface area contributed by atoms with Crippen molar-refractivity contribution < 1.29 is 9.53 Å². The van der Waals surface area contributed by atoms with E-state index in [1.165, 1.54) is 5.57 Å². The zero-order valence-corrected chi connectivity index (χ0v) is 13.6. The number of carbonyl (C=O) groups is 1. The first-order chi connectivity index (χ1) is 10.5. The molecule has 0 saturated carbocycles. The smallest absolute Gasteiger partial charge is 0.158 e. The summed E-state index contributed by atoms with van der Waals surface area (Å²) in [6.45, 7) is 6.05. The molecule has 0 aromatic carbocycles. The fourth-order valence-electron chi connectivity index (χ4n) is 3.73. The number of Topliss-reactive ketones (excluding diaryl/α,β-unsaturated/α-hetero) is 1. The lowest BCUT2D eigenvalue weighted by Crippen LogP contribution is -2.58. The van der Waals surface area contributed by atoms with Gasteiger partial charge in [-0.1, -0.05) is 60.3 Å². The summed E-state index contributed by atoms with van der Waals surface area (Å²) in [5.41, 5.74) is 0.0999. The number of rotatable bonds is 3. The molecule has 1 fully saturated rings. The summed E-state index contributed by atoms with van der Waals surface area (Å²) in [5, 5.41) is 0. The maximum Gasteiger partial charge on any atom is 0.158 e. The Morgan fingerprint density at radius 1 is 1.18 bits per heavy atom. The number of ether oxygens (including phenoxy) is 1. The molecule has 1 saturated heterocycles. The van der Waals surface area contributed by atoms with Crippen molar-refractivity contribution in [3.8, 4) is 0 Å². The monoisotopic (exact) mass is 296 g/mol. The second kappa shape index (κ2) is 5.51. The Bertz CT molecular complexity index is 620. The van der Waals surface area contributed by atoms with Gasteiger partial charge >= 0.3 is 0 Å². The van der Waals surface area contributed by atoms with E-state index in [4.69, 9.17) is 4.74 Å². The molecule has 0 aromatic heterocycles. The summed E-state index contributed by atoms with van der Waals surface area (Å²) in [6, 6.07) is 0. The highest BCUT2D eigenvalue weighted by Crippen LogP contribution is 2.49. The molecule has 116 valence electrons. The highest BCUT2D eigenvalue weighted by Gasteiger charge is 2.56. The Kier molecular flexibility index (Phi) is 3.82. The first-order valence-corrected chi connectivity index (χ1v) is 8.08. The van der Waals surface area contributed by atoms with Crippen molar-refractivity contribution in [2.45, 2.75) is 45.8 Å². The third kappa shape index (κ3) is 2.26. The van der Waals surface area contributed by atoms with E-state index < -0.39 is 10.8 Å². The van der Waals surface area contributed by atoms with Crippen LogP contribution in [0, 0.1) is 10.8 Å². The summed E-state index contributed by atoms with van der Waals surface area (Å²) < 4.78 is 6.24. The van der Waals surface area contributed by atoms with Gasteiger partial charge in [-0.15, -0.1) is 0 Å². The first kappa shape index (κ1) is 15.2. The van der Waals surface area contributed by atoms with Gasteiger partial charge in [0.2, 0.25) is 0 Å². The van der Waals surface area contributed by atoms with E-state index in [-0.39, 0.29) is 18.0 Å². The molecule has 0 N–H and O–H groups in total. The molecule has 0 radical (unpaired) electrons. The van der Waals surface area contributed by atoms with E-state index in [1.807, 2.05) is 45.1 Å². The summed E-state index contributed by atoms with van der Waals surface area (Å²) >= 11 is 0. The van der Waals surface area contributed by atoms with E-state index in [2.05, 4.69) is 30.4 Å². The van der Waals surface area contributed by atoms with Crippen LogP contribution < -0.4 is 0 Å². The average Bonchev–Trinajstić information content (AvgIpc) is 2.50. The molecule has 1 heterocycles. The number of allylic oxidation sites excluding steroid dienone is 6. The number of hydrogen-bond donors (Lipinski definition) is 0. The van der Waals surface area contributed by atoms with E-state index in [0.29, 0.717) is 0 Å². The van der Waals surface area contributed by atoms with Gasteiger partial charge in [0.05, 0.1) is 23.0 Å². The van der Waals surface area contributed by atoms with Crippen LogP contribution >= 0.6 is 0 Å². The lowest BCUT2D eigenvalue weighted by molar-refractivity contribution is -0.163. The van der Waals surface area contributed by atoms with Crippen LogP contribution in [0.15, 0.2) is 60.3 Å². The summed E-state index contributed by atoms with van der Waals surface area (Å²) in [4.78, 5) is 13.3. The van der Waals surface area contributed by atoms with Crippen LogP contribution in [0.4, 0.5) is 0 Å². The third-order valence-electron chi connectivity index (χ3n) is 5.10. The first-order valence-electron chi connectivity index (χ1n) is 8.08. The van der Waals surface area contributed by atoms with Gasteiger partial charge in [-0.25, -0.2) is 0 Å². The molecule has 0 aromatic rings. The quantitative estimate of drug-likeness (QED) is 0.725. The van der Waals surface area contributed by atoms with Gasteiger partial charge in [-0.3, -0.25) is 4.79 Å². The molecule has 2 nitrogen and oxygen atoms in total. The number of hydrogen-bond acceptors (Lipinski definition) is 2. The largest absolute Gasteiger partial charge is 0.364 e. The van der Waals surface area contributed by atoms with Crippen LogP contribution in [0.1, 0.15) is 33.6 Å². The predicted octanol–water partition coefficient (Wildman–Crippen LogP) is 4.31. The van der Waals surface area contributed by atoms with Crippen molar-refractivity contribution in [2.24, 2.45) is 10.8 Å². The molecular formula is C20H24O2. The van der Waals surface area contributed by atoms with Crippen LogP contribution in [0.2, 0.25) is 0 Å². The van der Waals surface area contributed by atoms with Crippen LogP contribution in [0.3, 0.4) is 0 Å². The SMILES string of the molecule is C/C=C\CCC1=CC2(C)C(=O)C3(C)C=CC=CC3OC2C=C1. The molecule has 0 spiro atoms.